The highest BCUT2D eigenvalue weighted by atomic mass is 35.5. The molecule has 0 amide bonds. The fourth-order valence-electron chi connectivity index (χ4n) is 1.29. The molecule has 4 heteroatoms. The Kier molecular flexibility index (Phi) is 4.19. The van der Waals surface area contributed by atoms with Crippen molar-refractivity contribution in [2.45, 2.75) is 32.4 Å². The first-order chi connectivity index (χ1) is 7.29. The first-order valence-corrected chi connectivity index (χ1v) is 5.65. The highest BCUT2D eigenvalue weighted by molar-refractivity contribution is 6.33. The zero-order chi connectivity index (χ0) is 12.3. The molecule has 1 aromatic rings. The van der Waals surface area contributed by atoms with Crippen molar-refractivity contribution in [1.29, 1.82) is 0 Å². The van der Waals surface area contributed by atoms with Crippen LogP contribution in [0.15, 0.2) is 18.2 Å². The summed E-state index contributed by atoms with van der Waals surface area (Å²) < 4.78 is 0. The average Bonchev–Trinajstić information content (AvgIpc) is 2.17. The molecule has 4 N–H and O–H groups in total. The van der Waals surface area contributed by atoms with Crippen LogP contribution in [0, 0.1) is 0 Å². The number of nitrogens with one attached hydrogen (secondary N) is 1. The van der Waals surface area contributed by atoms with Crippen LogP contribution in [0.25, 0.3) is 0 Å². The molecular formula is C12H19ClN2O. The minimum Gasteiger partial charge on any atom is -0.398 e. The second-order valence-electron chi connectivity index (χ2n) is 4.93. The van der Waals surface area contributed by atoms with Crippen LogP contribution in [0.2, 0.25) is 5.02 Å². The van der Waals surface area contributed by atoms with Crippen molar-refractivity contribution < 1.29 is 5.11 Å². The van der Waals surface area contributed by atoms with Crippen LogP contribution in [0.3, 0.4) is 0 Å². The standard InChI is InChI=1S/C12H19ClN2O/c1-12(2,3)15-7-11(16)8-4-5-9(13)10(14)6-8/h4-6,11,15-16H,7,14H2,1-3H3. The van der Waals surface area contributed by atoms with E-state index in [1.54, 1.807) is 18.2 Å². The first-order valence-electron chi connectivity index (χ1n) is 5.27. The second kappa shape index (κ2) is 5.04. The SMILES string of the molecule is CC(C)(C)NCC(O)c1ccc(Cl)c(N)c1. The summed E-state index contributed by atoms with van der Waals surface area (Å²) in [6.45, 7) is 6.65. The number of aliphatic hydroxyl groups excluding tert-OH is 1. The van der Waals surface area contributed by atoms with Gasteiger partial charge in [-0.25, -0.2) is 0 Å². The lowest BCUT2D eigenvalue weighted by Crippen LogP contribution is -2.38. The van der Waals surface area contributed by atoms with Gasteiger partial charge in [0.2, 0.25) is 0 Å². The Hall–Kier alpha value is -0.770. The zero-order valence-corrected chi connectivity index (χ0v) is 10.7. The molecule has 3 nitrogen and oxygen atoms in total. The third kappa shape index (κ3) is 4.00. The Morgan fingerprint density at radius 1 is 1.44 bits per heavy atom. The van der Waals surface area contributed by atoms with Gasteiger partial charge in [-0.15, -0.1) is 0 Å². The minimum absolute atomic E-state index is 0.0149. The normalized spacial score (nSPS) is 13.8. The Morgan fingerprint density at radius 2 is 2.06 bits per heavy atom. The number of rotatable bonds is 3. The fraction of sp³-hybridized carbons (Fsp3) is 0.500. The number of anilines is 1. The van der Waals surface area contributed by atoms with Crippen molar-refractivity contribution in [3.05, 3.63) is 28.8 Å². The van der Waals surface area contributed by atoms with Gasteiger partial charge in [-0.05, 0) is 38.5 Å². The van der Waals surface area contributed by atoms with Gasteiger partial charge in [-0.3, -0.25) is 0 Å². The van der Waals surface area contributed by atoms with Gasteiger partial charge in [0.15, 0.2) is 0 Å². The molecule has 0 aliphatic heterocycles. The summed E-state index contributed by atoms with van der Waals surface area (Å²) in [6.07, 6.45) is -0.571. The van der Waals surface area contributed by atoms with Crippen molar-refractivity contribution >= 4 is 17.3 Å². The van der Waals surface area contributed by atoms with E-state index in [4.69, 9.17) is 17.3 Å². The van der Waals surface area contributed by atoms with Crippen LogP contribution in [-0.4, -0.2) is 17.2 Å². The van der Waals surface area contributed by atoms with Crippen LogP contribution >= 0.6 is 11.6 Å². The predicted octanol–water partition coefficient (Wildman–Crippen LogP) is 2.34. The maximum Gasteiger partial charge on any atom is 0.0915 e. The van der Waals surface area contributed by atoms with Crippen LogP contribution in [0.4, 0.5) is 5.69 Å². The molecule has 90 valence electrons. The summed E-state index contributed by atoms with van der Waals surface area (Å²) in [5.74, 6) is 0. The van der Waals surface area contributed by atoms with E-state index in [-0.39, 0.29) is 5.54 Å². The molecule has 0 spiro atoms. The molecule has 0 radical (unpaired) electrons. The molecule has 0 bridgehead atoms. The Balaban J connectivity index is 2.66. The lowest BCUT2D eigenvalue weighted by molar-refractivity contribution is 0.163. The van der Waals surface area contributed by atoms with E-state index < -0.39 is 6.10 Å². The average molecular weight is 243 g/mol. The topological polar surface area (TPSA) is 58.3 Å². The molecule has 1 atom stereocenters. The number of nitrogen functional groups attached to an aromatic ring is 1. The number of nitrogens with two attached hydrogens (primary N) is 1. The van der Waals surface area contributed by atoms with Crippen LogP contribution in [0.1, 0.15) is 32.4 Å². The fourth-order valence-corrected chi connectivity index (χ4v) is 1.41. The lowest BCUT2D eigenvalue weighted by Gasteiger charge is -2.23. The van der Waals surface area contributed by atoms with Gasteiger partial charge < -0.3 is 16.2 Å². The Bertz CT molecular complexity index is 361. The molecule has 0 aromatic heterocycles. The van der Waals surface area contributed by atoms with Crippen LogP contribution in [0.5, 0.6) is 0 Å². The summed E-state index contributed by atoms with van der Waals surface area (Å²) in [7, 11) is 0. The van der Waals surface area contributed by atoms with Crippen molar-refractivity contribution in [1.82, 2.24) is 5.32 Å². The van der Waals surface area contributed by atoms with Gasteiger partial charge in [-0.1, -0.05) is 17.7 Å². The summed E-state index contributed by atoms with van der Waals surface area (Å²) in [5.41, 5.74) is 6.93. The van der Waals surface area contributed by atoms with Gasteiger partial charge in [0.05, 0.1) is 16.8 Å². The van der Waals surface area contributed by atoms with Crippen LogP contribution in [-0.2, 0) is 0 Å². The van der Waals surface area contributed by atoms with Gasteiger partial charge >= 0.3 is 0 Å². The molecule has 0 aliphatic carbocycles. The van der Waals surface area contributed by atoms with Gasteiger partial charge in [0.25, 0.3) is 0 Å². The van der Waals surface area contributed by atoms with E-state index >= 15 is 0 Å². The molecule has 0 saturated heterocycles. The Morgan fingerprint density at radius 3 is 2.56 bits per heavy atom. The third-order valence-corrected chi connectivity index (χ3v) is 2.57. The second-order valence-corrected chi connectivity index (χ2v) is 5.33. The highest BCUT2D eigenvalue weighted by Crippen LogP contribution is 2.23. The third-order valence-electron chi connectivity index (χ3n) is 2.23. The number of β-amino-alcohol motifs (C(OH)–C–C–N with tert-alkyl or cyclic N) is 1. The maximum atomic E-state index is 9.94. The van der Waals surface area contributed by atoms with E-state index in [0.29, 0.717) is 17.3 Å². The van der Waals surface area contributed by atoms with E-state index in [1.807, 2.05) is 0 Å². The lowest BCUT2D eigenvalue weighted by atomic mass is 10.1. The van der Waals surface area contributed by atoms with E-state index in [2.05, 4.69) is 26.1 Å². The van der Waals surface area contributed by atoms with Gasteiger partial charge in [0.1, 0.15) is 0 Å². The van der Waals surface area contributed by atoms with Gasteiger partial charge in [0, 0.05) is 12.1 Å². The zero-order valence-electron chi connectivity index (χ0n) is 9.92. The van der Waals surface area contributed by atoms with E-state index in [1.165, 1.54) is 0 Å². The summed E-state index contributed by atoms with van der Waals surface area (Å²) >= 11 is 5.81. The number of halogens is 1. The predicted molar refractivity (Wildman–Crippen MR) is 68.6 cm³/mol. The molecule has 1 rings (SSSR count). The molecule has 0 heterocycles. The number of hydrogen-bond acceptors (Lipinski definition) is 3. The van der Waals surface area contributed by atoms with Crippen molar-refractivity contribution in [2.24, 2.45) is 0 Å². The highest BCUT2D eigenvalue weighted by Gasteiger charge is 2.14. The van der Waals surface area contributed by atoms with Crippen molar-refractivity contribution in [3.8, 4) is 0 Å². The summed E-state index contributed by atoms with van der Waals surface area (Å²) in [5, 5.41) is 13.7. The van der Waals surface area contributed by atoms with Crippen molar-refractivity contribution in [2.75, 3.05) is 12.3 Å². The number of aliphatic hydroxyl groups is 1. The maximum absolute atomic E-state index is 9.94. The molecule has 1 aromatic carbocycles. The number of benzene rings is 1. The van der Waals surface area contributed by atoms with Crippen molar-refractivity contribution in [3.63, 3.8) is 0 Å². The quantitative estimate of drug-likeness (QED) is 0.713. The molecule has 0 saturated carbocycles. The monoisotopic (exact) mass is 242 g/mol. The number of hydrogen-bond donors (Lipinski definition) is 3. The molecule has 1 unspecified atom stereocenters. The summed E-state index contributed by atoms with van der Waals surface area (Å²) in [6, 6.07) is 5.19. The Labute approximate surface area is 102 Å². The van der Waals surface area contributed by atoms with Gasteiger partial charge in [-0.2, -0.15) is 0 Å². The summed E-state index contributed by atoms with van der Waals surface area (Å²) in [4.78, 5) is 0. The largest absolute Gasteiger partial charge is 0.398 e. The molecule has 0 aliphatic rings. The van der Waals surface area contributed by atoms with Crippen LogP contribution < -0.4 is 11.1 Å². The van der Waals surface area contributed by atoms with E-state index in [9.17, 15) is 5.11 Å². The first kappa shape index (κ1) is 13.3. The van der Waals surface area contributed by atoms with E-state index in [0.717, 1.165) is 5.56 Å². The molecule has 16 heavy (non-hydrogen) atoms. The molecule has 0 fully saturated rings. The molecular weight excluding hydrogens is 224 g/mol. The minimum atomic E-state index is -0.571. The smallest absolute Gasteiger partial charge is 0.0915 e.